The second-order valence-corrected chi connectivity index (χ2v) is 9.33. The molecular formula is C25H21ClN2O8. The fourth-order valence-corrected chi connectivity index (χ4v) is 5.59. The zero-order chi connectivity index (χ0) is 25.9. The van der Waals surface area contributed by atoms with Gasteiger partial charge in [-0.15, -0.1) is 0 Å². The first-order valence-corrected chi connectivity index (χ1v) is 11.5. The number of nitro groups is 1. The number of nitro benzene ring substituents is 1. The Balaban J connectivity index is 1.67. The lowest BCUT2D eigenvalue weighted by molar-refractivity contribution is -0.384. The molecule has 0 saturated carbocycles. The monoisotopic (exact) mass is 512 g/mol. The van der Waals surface area contributed by atoms with Crippen molar-refractivity contribution in [3.63, 3.8) is 0 Å². The Kier molecular flexibility index (Phi) is 5.51. The number of non-ortho nitro benzene ring substituents is 1. The summed E-state index contributed by atoms with van der Waals surface area (Å²) in [6, 6.07) is 7.24. The van der Waals surface area contributed by atoms with Crippen molar-refractivity contribution in [2.45, 2.75) is 31.3 Å². The number of benzene rings is 2. The van der Waals surface area contributed by atoms with Gasteiger partial charge in [-0.25, -0.2) is 0 Å². The topological polar surface area (TPSA) is 134 Å². The number of Topliss-reactive ketones (excluding diaryl/α,β-unsaturated/α-hetero) is 2. The smallest absolute Gasteiger partial charge is 0.269 e. The van der Waals surface area contributed by atoms with Gasteiger partial charge in [0.25, 0.3) is 5.69 Å². The number of halogens is 1. The number of allylic oxidation sites excluding steroid dienone is 1. The van der Waals surface area contributed by atoms with E-state index < -0.39 is 33.9 Å². The van der Waals surface area contributed by atoms with Gasteiger partial charge in [0.05, 0.1) is 19.1 Å². The fourth-order valence-electron chi connectivity index (χ4n) is 5.33. The van der Waals surface area contributed by atoms with E-state index in [-0.39, 0.29) is 57.8 Å². The van der Waals surface area contributed by atoms with Gasteiger partial charge in [-0.1, -0.05) is 30.7 Å². The van der Waals surface area contributed by atoms with Crippen molar-refractivity contribution >= 4 is 34.8 Å². The number of carbonyl (C=O) groups excluding carboxylic acids is 3. The van der Waals surface area contributed by atoms with Gasteiger partial charge >= 0.3 is 0 Å². The third-order valence-electron chi connectivity index (χ3n) is 7.04. The molecule has 3 aliphatic rings. The van der Waals surface area contributed by atoms with E-state index >= 15 is 0 Å². The van der Waals surface area contributed by atoms with Gasteiger partial charge in [0.15, 0.2) is 5.75 Å². The van der Waals surface area contributed by atoms with Crippen molar-refractivity contribution in [3.05, 3.63) is 67.9 Å². The van der Waals surface area contributed by atoms with Crippen molar-refractivity contribution in [1.82, 2.24) is 5.32 Å². The van der Waals surface area contributed by atoms with E-state index in [4.69, 9.17) is 25.8 Å². The van der Waals surface area contributed by atoms with E-state index in [2.05, 4.69) is 5.32 Å². The summed E-state index contributed by atoms with van der Waals surface area (Å²) in [5.41, 5.74) is -1.07. The third kappa shape index (κ3) is 3.21. The molecule has 0 aromatic heterocycles. The van der Waals surface area contributed by atoms with Crippen molar-refractivity contribution in [1.29, 1.82) is 0 Å². The summed E-state index contributed by atoms with van der Waals surface area (Å²) in [5, 5.41) is 14.1. The number of fused-ring (bicyclic) bond motifs is 1. The summed E-state index contributed by atoms with van der Waals surface area (Å²) in [5.74, 6) is -2.64. The summed E-state index contributed by atoms with van der Waals surface area (Å²) in [6.07, 6.45) is 0.0459. The molecule has 2 aromatic carbocycles. The van der Waals surface area contributed by atoms with Crippen molar-refractivity contribution in [3.8, 4) is 17.2 Å². The zero-order valence-corrected chi connectivity index (χ0v) is 20.3. The summed E-state index contributed by atoms with van der Waals surface area (Å²) in [7, 11) is 2.78. The Hall–Kier alpha value is -3.92. The lowest BCUT2D eigenvalue weighted by Crippen LogP contribution is -2.59. The average Bonchev–Trinajstić information content (AvgIpc) is 3.17. The van der Waals surface area contributed by atoms with Gasteiger partial charge in [0, 0.05) is 47.7 Å². The van der Waals surface area contributed by atoms with Crippen LogP contribution in [-0.2, 0) is 9.59 Å². The summed E-state index contributed by atoms with van der Waals surface area (Å²) < 4.78 is 16.8. The average molecular weight is 513 g/mol. The molecule has 0 saturated heterocycles. The predicted octanol–water partition coefficient (Wildman–Crippen LogP) is 3.75. The molecule has 1 amide bonds. The Morgan fingerprint density at radius 2 is 1.83 bits per heavy atom. The van der Waals surface area contributed by atoms with E-state index in [0.717, 1.165) is 0 Å². The SMILES string of the molecule is COc1cc(OC)c2c(c1Cl)OC1(C(=O)C3=C(CC1C)NC(=O)CC3c1cccc([N+](=O)[O-])c1)C2=O. The summed E-state index contributed by atoms with van der Waals surface area (Å²) in [4.78, 5) is 51.5. The lowest BCUT2D eigenvalue weighted by Gasteiger charge is -2.41. The van der Waals surface area contributed by atoms with Gasteiger partial charge in [-0.05, 0) is 12.0 Å². The highest BCUT2D eigenvalue weighted by Gasteiger charge is 2.63. The van der Waals surface area contributed by atoms with E-state index in [1.165, 1.54) is 38.5 Å². The Morgan fingerprint density at radius 3 is 2.50 bits per heavy atom. The normalized spacial score (nSPS) is 24.7. The number of nitrogens with zero attached hydrogens (tertiary/aromatic N) is 1. The van der Waals surface area contributed by atoms with Crippen molar-refractivity contribution in [2.24, 2.45) is 5.92 Å². The molecule has 36 heavy (non-hydrogen) atoms. The van der Waals surface area contributed by atoms with Gasteiger partial charge in [0.2, 0.25) is 23.1 Å². The van der Waals surface area contributed by atoms with Gasteiger partial charge < -0.3 is 19.5 Å². The Morgan fingerprint density at radius 1 is 1.11 bits per heavy atom. The molecule has 2 heterocycles. The van der Waals surface area contributed by atoms with Crippen LogP contribution in [0.2, 0.25) is 5.02 Å². The van der Waals surface area contributed by atoms with E-state index in [1.54, 1.807) is 13.0 Å². The molecule has 5 rings (SSSR count). The molecular weight excluding hydrogens is 492 g/mol. The number of hydrogen-bond acceptors (Lipinski definition) is 8. The van der Waals surface area contributed by atoms with E-state index in [0.29, 0.717) is 11.3 Å². The van der Waals surface area contributed by atoms with Crippen LogP contribution in [0.5, 0.6) is 17.2 Å². The number of ketones is 2. The quantitative estimate of drug-likeness (QED) is 0.372. The van der Waals surface area contributed by atoms with Gasteiger partial charge in [0.1, 0.15) is 22.1 Å². The third-order valence-corrected chi connectivity index (χ3v) is 7.40. The molecule has 3 atom stereocenters. The molecule has 186 valence electrons. The molecule has 10 nitrogen and oxygen atoms in total. The predicted molar refractivity (Wildman–Crippen MR) is 127 cm³/mol. The number of amides is 1. The first kappa shape index (κ1) is 23.8. The van der Waals surface area contributed by atoms with E-state index in [9.17, 15) is 24.5 Å². The molecule has 0 fully saturated rings. The van der Waals surface area contributed by atoms with Gasteiger partial charge in [-0.2, -0.15) is 0 Å². The molecule has 0 bridgehead atoms. The van der Waals surface area contributed by atoms with Crippen LogP contribution in [0.3, 0.4) is 0 Å². The number of hydrogen-bond donors (Lipinski definition) is 1. The number of nitrogens with one attached hydrogen (secondary N) is 1. The van der Waals surface area contributed by atoms with Crippen LogP contribution in [0, 0.1) is 16.0 Å². The first-order chi connectivity index (χ1) is 17.1. The molecule has 1 spiro atoms. The number of rotatable bonds is 4. The largest absolute Gasteiger partial charge is 0.496 e. The molecule has 1 aliphatic carbocycles. The number of carbonyl (C=O) groups is 3. The number of methoxy groups -OCH3 is 2. The maximum atomic E-state index is 14.2. The van der Waals surface area contributed by atoms with Crippen LogP contribution in [0.4, 0.5) is 5.69 Å². The standard InChI is InChI=1S/C25H21ClN2O8/c1-11-7-15-19(14(9-18(29)27-15)12-5-4-6-13(8-12)28(32)33)23(30)25(11)24(31)20-16(34-2)10-17(35-3)21(26)22(20)36-25/h4-6,8,10-11,14H,7,9H2,1-3H3,(H,27,29). The molecule has 2 aromatic rings. The van der Waals surface area contributed by atoms with Crippen LogP contribution in [0.25, 0.3) is 0 Å². The molecule has 2 aliphatic heterocycles. The Bertz CT molecular complexity index is 1400. The highest BCUT2D eigenvalue weighted by atomic mass is 35.5. The molecule has 1 N–H and O–H groups in total. The van der Waals surface area contributed by atoms with Crippen LogP contribution in [-0.4, -0.2) is 42.2 Å². The van der Waals surface area contributed by atoms with E-state index in [1.807, 2.05) is 0 Å². The van der Waals surface area contributed by atoms with Crippen molar-refractivity contribution < 1.29 is 33.5 Å². The second kappa shape index (κ2) is 8.34. The minimum absolute atomic E-state index is 0.00568. The molecule has 0 radical (unpaired) electrons. The van der Waals surface area contributed by atoms with Crippen LogP contribution < -0.4 is 19.5 Å². The molecule has 11 heteroatoms. The fraction of sp³-hybridized carbons (Fsp3) is 0.320. The highest BCUT2D eigenvalue weighted by Crippen LogP contribution is 2.55. The van der Waals surface area contributed by atoms with Crippen LogP contribution in [0.15, 0.2) is 41.6 Å². The lowest BCUT2D eigenvalue weighted by atomic mass is 9.66. The highest BCUT2D eigenvalue weighted by molar-refractivity contribution is 6.36. The molecule has 3 unspecified atom stereocenters. The van der Waals surface area contributed by atoms with Crippen LogP contribution >= 0.6 is 11.6 Å². The summed E-state index contributed by atoms with van der Waals surface area (Å²) >= 11 is 6.47. The minimum atomic E-state index is -1.94. The van der Waals surface area contributed by atoms with Crippen molar-refractivity contribution in [2.75, 3.05) is 14.2 Å². The minimum Gasteiger partial charge on any atom is -0.496 e. The maximum Gasteiger partial charge on any atom is 0.269 e. The van der Waals surface area contributed by atoms with Crippen LogP contribution in [0.1, 0.15) is 41.6 Å². The first-order valence-electron chi connectivity index (χ1n) is 11.1. The maximum absolute atomic E-state index is 14.2. The zero-order valence-electron chi connectivity index (χ0n) is 19.5. The number of ether oxygens (including phenoxy) is 3. The van der Waals surface area contributed by atoms with Gasteiger partial charge in [-0.3, -0.25) is 24.5 Å². The summed E-state index contributed by atoms with van der Waals surface area (Å²) in [6.45, 7) is 1.69. The second-order valence-electron chi connectivity index (χ2n) is 8.95. The Labute approximate surface area is 210 Å².